The Labute approximate surface area is 150 Å². The Bertz CT molecular complexity index is 907. The van der Waals surface area contributed by atoms with Gasteiger partial charge in [-0.1, -0.05) is 44.2 Å². The monoisotopic (exact) mass is 353 g/mol. The zero-order valence-electron chi connectivity index (χ0n) is 14.6. The summed E-state index contributed by atoms with van der Waals surface area (Å²) < 4.78 is 0. The van der Waals surface area contributed by atoms with Gasteiger partial charge in [0.15, 0.2) is 0 Å². The maximum absolute atomic E-state index is 12.3. The van der Waals surface area contributed by atoms with Crippen LogP contribution in [-0.2, 0) is 14.4 Å². The van der Waals surface area contributed by atoms with Gasteiger partial charge in [0, 0.05) is 12.2 Å². The molecule has 0 radical (unpaired) electrons. The first-order valence-corrected chi connectivity index (χ1v) is 8.33. The SMILES string of the molecule is CC(C)CN1C(=O)C(=O)N(CC(=O)Nc2ccc3ccccc3c2)C1=O. The predicted octanol–water partition coefficient (Wildman–Crippen LogP) is 2.23. The second-order valence-corrected chi connectivity index (χ2v) is 6.59. The Morgan fingerprint density at radius 3 is 2.31 bits per heavy atom. The largest absolute Gasteiger partial charge is 0.334 e. The van der Waals surface area contributed by atoms with Crippen molar-refractivity contribution in [3.05, 3.63) is 42.5 Å². The molecule has 26 heavy (non-hydrogen) atoms. The molecule has 3 rings (SSSR count). The fraction of sp³-hybridized carbons (Fsp3) is 0.263. The normalized spacial score (nSPS) is 14.7. The predicted molar refractivity (Wildman–Crippen MR) is 96.2 cm³/mol. The third kappa shape index (κ3) is 3.42. The number of hydrogen-bond donors (Lipinski definition) is 1. The van der Waals surface area contributed by atoms with Gasteiger partial charge in [-0.05, 0) is 28.8 Å². The summed E-state index contributed by atoms with van der Waals surface area (Å²) in [5.41, 5.74) is 0.554. The summed E-state index contributed by atoms with van der Waals surface area (Å²) in [5.74, 6) is -2.37. The lowest BCUT2D eigenvalue weighted by molar-refractivity contribution is -0.143. The van der Waals surface area contributed by atoms with Crippen LogP contribution in [0, 0.1) is 5.92 Å². The van der Waals surface area contributed by atoms with Gasteiger partial charge in [0.2, 0.25) is 5.91 Å². The molecule has 1 saturated heterocycles. The molecule has 0 spiro atoms. The summed E-state index contributed by atoms with van der Waals surface area (Å²) in [7, 11) is 0. The van der Waals surface area contributed by atoms with Crippen LogP contribution in [0.2, 0.25) is 0 Å². The molecule has 0 atom stereocenters. The first-order valence-electron chi connectivity index (χ1n) is 8.33. The second kappa shape index (κ2) is 6.95. The standard InChI is InChI=1S/C19H19N3O4/c1-12(2)10-21-17(24)18(25)22(19(21)26)11-16(23)20-15-8-7-13-5-3-4-6-14(13)9-15/h3-9,12H,10-11H2,1-2H3,(H,20,23). The lowest BCUT2D eigenvalue weighted by Crippen LogP contribution is -2.39. The number of rotatable bonds is 5. The van der Waals surface area contributed by atoms with Gasteiger partial charge in [0.05, 0.1) is 0 Å². The van der Waals surface area contributed by atoms with Crippen LogP contribution >= 0.6 is 0 Å². The smallest absolute Gasteiger partial charge is 0.325 e. The van der Waals surface area contributed by atoms with E-state index in [-0.39, 0.29) is 12.5 Å². The minimum atomic E-state index is -0.968. The van der Waals surface area contributed by atoms with Crippen LogP contribution in [0.25, 0.3) is 10.8 Å². The van der Waals surface area contributed by atoms with Crippen LogP contribution < -0.4 is 5.32 Å². The van der Waals surface area contributed by atoms with Crippen LogP contribution in [0.3, 0.4) is 0 Å². The molecule has 1 fully saturated rings. The number of benzene rings is 2. The number of anilines is 1. The zero-order valence-corrected chi connectivity index (χ0v) is 14.6. The van der Waals surface area contributed by atoms with Crippen molar-refractivity contribution in [3.8, 4) is 0 Å². The molecular formula is C19H19N3O4. The van der Waals surface area contributed by atoms with Crippen LogP contribution in [0.1, 0.15) is 13.8 Å². The van der Waals surface area contributed by atoms with Gasteiger partial charge in [-0.2, -0.15) is 0 Å². The summed E-state index contributed by atoms with van der Waals surface area (Å²) in [6, 6.07) is 12.3. The highest BCUT2D eigenvalue weighted by atomic mass is 16.2. The van der Waals surface area contributed by atoms with Crippen LogP contribution in [-0.4, -0.2) is 46.6 Å². The quantitative estimate of drug-likeness (QED) is 0.660. The number of urea groups is 1. The summed E-state index contributed by atoms with van der Waals surface area (Å²) in [5, 5.41) is 4.65. The average Bonchev–Trinajstić information content (AvgIpc) is 2.79. The fourth-order valence-electron chi connectivity index (χ4n) is 2.83. The zero-order chi connectivity index (χ0) is 18.8. The van der Waals surface area contributed by atoms with Crippen molar-refractivity contribution in [2.24, 2.45) is 5.92 Å². The van der Waals surface area contributed by atoms with E-state index in [9.17, 15) is 19.2 Å². The van der Waals surface area contributed by atoms with Crippen molar-refractivity contribution in [1.82, 2.24) is 9.80 Å². The van der Waals surface area contributed by atoms with Gasteiger partial charge in [-0.3, -0.25) is 19.3 Å². The summed E-state index contributed by atoms with van der Waals surface area (Å²) in [6.07, 6.45) is 0. The van der Waals surface area contributed by atoms with E-state index in [0.717, 1.165) is 15.7 Å². The molecule has 2 aromatic carbocycles. The van der Waals surface area contributed by atoms with E-state index in [0.29, 0.717) is 10.6 Å². The van der Waals surface area contributed by atoms with Crippen LogP contribution in [0.15, 0.2) is 42.5 Å². The Morgan fingerprint density at radius 2 is 1.62 bits per heavy atom. The Kier molecular flexibility index (Phi) is 4.71. The maximum Gasteiger partial charge on any atom is 0.334 e. The highest BCUT2D eigenvalue weighted by Gasteiger charge is 2.45. The van der Waals surface area contributed by atoms with E-state index in [4.69, 9.17) is 0 Å². The average molecular weight is 353 g/mol. The van der Waals surface area contributed by atoms with Gasteiger partial charge < -0.3 is 5.32 Å². The van der Waals surface area contributed by atoms with Gasteiger partial charge in [-0.25, -0.2) is 9.69 Å². The number of imide groups is 2. The lowest BCUT2D eigenvalue weighted by Gasteiger charge is -2.16. The number of nitrogens with one attached hydrogen (secondary N) is 1. The topological polar surface area (TPSA) is 86.8 Å². The fourth-order valence-corrected chi connectivity index (χ4v) is 2.83. The first-order chi connectivity index (χ1) is 12.4. The number of hydrogen-bond acceptors (Lipinski definition) is 4. The molecule has 0 saturated carbocycles. The number of nitrogens with zero attached hydrogens (tertiary/aromatic N) is 2. The molecule has 0 aromatic heterocycles. The van der Waals surface area contributed by atoms with Crippen molar-refractivity contribution < 1.29 is 19.2 Å². The minimum absolute atomic E-state index is 0.0297. The van der Waals surface area contributed by atoms with Crippen LogP contribution in [0.5, 0.6) is 0 Å². The minimum Gasteiger partial charge on any atom is -0.325 e. The maximum atomic E-state index is 12.3. The van der Waals surface area contributed by atoms with E-state index in [1.165, 1.54) is 0 Å². The molecule has 134 valence electrons. The summed E-state index contributed by atoms with van der Waals surface area (Å²) in [6.45, 7) is 3.32. The Hall–Kier alpha value is -3.22. The molecule has 1 N–H and O–H groups in total. The molecular weight excluding hydrogens is 334 g/mol. The van der Waals surface area contributed by atoms with E-state index in [2.05, 4.69) is 5.32 Å². The van der Waals surface area contributed by atoms with Crippen molar-refractivity contribution in [1.29, 1.82) is 0 Å². The molecule has 0 aliphatic carbocycles. The lowest BCUT2D eigenvalue weighted by atomic mass is 10.1. The molecule has 5 amide bonds. The Morgan fingerprint density at radius 1 is 0.962 bits per heavy atom. The van der Waals surface area contributed by atoms with Gasteiger partial charge in [-0.15, -0.1) is 0 Å². The number of carbonyl (C=O) groups is 4. The van der Waals surface area contributed by atoms with Crippen molar-refractivity contribution in [3.63, 3.8) is 0 Å². The number of carbonyl (C=O) groups excluding carboxylic acids is 4. The Balaban J connectivity index is 1.69. The van der Waals surface area contributed by atoms with Gasteiger partial charge in [0.25, 0.3) is 0 Å². The van der Waals surface area contributed by atoms with Crippen LogP contribution in [0.4, 0.5) is 10.5 Å². The van der Waals surface area contributed by atoms with Gasteiger partial charge in [0.1, 0.15) is 6.54 Å². The number of fused-ring (bicyclic) bond motifs is 1. The molecule has 0 bridgehead atoms. The molecule has 1 aliphatic rings. The highest BCUT2D eigenvalue weighted by Crippen LogP contribution is 2.19. The molecule has 1 heterocycles. The first kappa shape index (κ1) is 17.6. The third-order valence-electron chi connectivity index (χ3n) is 4.02. The van der Waals surface area contributed by atoms with Crippen molar-refractivity contribution in [2.75, 3.05) is 18.4 Å². The molecule has 1 aliphatic heterocycles. The molecule has 7 heteroatoms. The van der Waals surface area contributed by atoms with E-state index in [1.807, 2.05) is 44.2 Å². The second-order valence-electron chi connectivity index (χ2n) is 6.59. The molecule has 7 nitrogen and oxygen atoms in total. The third-order valence-corrected chi connectivity index (χ3v) is 4.02. The highest BCUT2D eigenvalue weighted by molar-refractivity contribution is 6.45. The van der Waals surface area contributed by atoms with E-state index >= 15 is 0 Å². The van der Waals surface area contributed by atoms with E-state index in [1.54, 1.807) is 12.1 Å². The summed E-state index contributed by atoms with van der Waals surface area (Å²) in [4.78, 5) is 50.0. The molecule has 0 unspecified atom stereocenters. The number of amides is 5. The van der Waals surface area contributed by atoms with E-state index < -0.39 is 30.3 Å². The van der Waals surface area contributed by atoms with Crippen molar-refractivity contribution in [2.45, 2.75) is 13.8 Å². The van der Waals surface area contributed by atoms with Crippen molar-refractivity contribution >= 4 is 40.2 Å². The molecule has 2 aromatic rings. The van der Waals surface area contributed by atoms with Gasteiger partial charge >= 0.3 is 17.8 Å². The summed E-state index contributed by atoms with van der Waals surface area (Å²) >= 11 is 0.